The number of nitrogens with zero attached hydrogens (tertiary/aromatic N) is 1. The summed E-state index contributed by atoms with van der Waals surface area (Å²) in [4.78, 5) is 16.0. The Hall–Kier alpha value is -1.88. The van der Waals surface area contributed by atoms with E-state index in [1.807, 2.05) is 6.07 Å². The van der Waals surface area contributed by atoms with Crippen LogP contribution in [0.5, 0.6) is 0 Å². The minimum absolute atomic E-state index is 0.144. The molecule has 2 heterocycles. The first-order valence-electron chi connectivity index (χ1n) is 6.50. The van der Waals surface area contributed by atoms with E-state index in [0.29, 0.717) is 18.8 Å². The maximum atomic E-state index is 12.0. The highest BCUT2D eigenvalue weighted by Crippen LogP contribution is 2.11. The fourth-order valence-electron chi connectivity index (χ4n) is 1.96. The van der Waals surface area contributed by atoms with Gasteiger partial charge in [0, 0.05) is 31.6 Å². The molecule has 1 unspecified atom stereocenters. The normalized spacial score (nSPS) is 18.0. The summed E-state index contributed by atoms with van der Waals surface area (Å²) in [6.07, 6.45) is 5.60. The summed E-state index contributed by atoms with van der Waals surface area (Å²) in [6.45, 7) is 5.63. The van der Waals surface area contributed by atoms with E-state index in [4.69, 9.17) is 4.74 Å². The summed E-state index contributed by atoms with van der Waals surface area (Å²) < 4.78 is 5.46. The van der Waals surface area contributed by atoms with E-state index in [9.17, 15) is 4.79 Å². The second-order valence-corrected chi connectivity index (χ2v) is 4.44. The number of amides is 1. The topological polar surface area (TPSA) is 63.2 Å². The van der Waals surface area contributed by atoms with E-state index in [1.165, 1.54) is 0 Å². The van der Waals surface area contributed by atoms with Gasteiger partial charge in [-0.2, -0.15) is 0 Å². The molecular formula is C14H19N3O2. The lowest BCUT2D eigenvalue weighted by atomic mass is 10.2. The number of anilines is 1. The third-order valence-electron chi connectivity index (χ3n) is 2.96. The van der Waals surface area contributed by atoms with Gasteiger partial charge in [-0.05, 0) is 25.0 Å². The van der Waals surface area contributed by atoms with Gasteiger partial charge in [-0.1, -0.05) is 6.08 Å². The van der Waals surface area contributed by atoms with Crippen LogP contribution in [0, 0.1) is 0 Å². The Kier molecular flexibility index (Phi) is 4.92. The third kappa shape index (κ3) is 4.06. The Labute approximate surface area is 113 Å². The van der Waals surface area contributed by atoms with Gasteiger partial charge in [0.05, 0.1) is 6.10 Å². The lowest BCUT2D eigenvalue weighted by molar-refractivity contribution is 0.0854. The average Bonchev–Trinajstić information content (AvgIpc) is 2.96. The van der Waals surface area contributed by atoms with Crippen molar-refractivity contribution < 1.29 is 9.53 Å². The SMILES string of the molecule is C=CCNc1ccnc(C(=O)NCC2CCCO2)c1. The van der Waals surface area contributed by atoms with Gasteiger partial charge in [0.25, 0.3) is 5.91 Å². The number of pyridine rings is 1. The zero-order valence-corrected chi connectivity index (χ0v) is 10.9. The molecule has 1 fully saturated rings. The Balaban J connectivity index is 1.88. The first kappa shape index (κ1) is 13.5. The third-order valence-corrected chi connectivity index (χ3v) is 2.96. The van der Waals surface area contributed by atoms with E-state index in [-0.39, 0.29) is 12.0 Å². The van der Waals surface area contributed by atoms with Gasteiger partial charge in [-0.3, -0.25) is 9.78 Å². The smallest absolute Gasteiger partial charge is 0.270 e. The second-order valence-electron chi connectivity index (χ2n) is 4.44. The van der Waals surface area contributed by atoms with Crippen LogP contribution < -0.4 is 10.6 Å². The summed E-state index contributed by atoms with van der Waals surface area (Å²) in [7, 11) is 0. The number of rotatable bonds is 6. The van der Waals surface area contributed by atoms with Gasteiger partial charge in [-0.25, -0.2) is 0 Å². The van der Waals surface area contributed by atoms with Gasteiger partial charge in [0.15, 0.2) is 0 Å². The van der Waals surface area contributed by atoms with Crippen LogP contribution in [-0.2, 0) is 4.74 Å². The molecule has 1 saturated heterocycles. The van der Waals surface area contributed by atoms with Gasteiger partial charge < -0.3 is 15.4 Å². The van der Waals surface area contributed by atoms with Crippen molar-refractivity contribution in [2.24, 2.45) is 0 Å². The van der Waals surface area contributed by atoms with Crippen LogP contribution in [0.15, 0.2) is 31.0 Å². The Morgan fingerprint density at radius 3 is 3.26 bits per heavy atom. The van der Waals surface area contributed by atoms with E-state index >= 15 is 0 Å². The zero-order chi connectivity index (χ0) is 13.5. The molecule has 0 spiro atoms. The van der Waals surface area contributed by atoms with Crippen LogP contribution in [0.3, 0.4) is 0 Å². The number of carbonyl (C=O) groups is 1. The summed E-state index contributed by atoms with van der Waals surface area (Å²) in [5.74, 6) is -0.169. The first-order valence-corrected chi connectivity index (χ1v) is 6.50. The minimum atomic E-state index is -0.169. The second kappa shape index (κ2) is 6.89. The monoisotopic (exact) mass is 261 g/mol. The lowest BCUT2D eigenvalue weighted by Crippen LogP contribution is -2.32. The predicted octanol–water partition coefficient (Wildman–Crippen LogP) is 1.59. The standard InChI is InChI=1S/C14H19N3O2/c1-2-6-15-11-5-7-16-13(9-11)14(18)17-10-12-4-3-8-19-12/h2,5,7,9,12H,1,3-4,6,8,10H2,(H,15,16)(H,17,18). The molecule has 1 amide bonds. The molecule has 0 radical (unpaired) electrons. The predicted molar refractivity (Wildman–Crippen MR) is 74.2 cm³/mol. The van der Waals surface area contributed by atoms with Crippen molar-refractivity contribution in [1.82, 2.24) is 10.3 Å². The Bertz CT molecular complexity index is 442. The summed E-state index contributed by atoms with van der Waals surface area (Å²) in [6, 6.07) is 3.55. The van der Waals surface area contributed by atoms with Gasteiger partial charge in [0.1, 0.15) is 5.69 Å². The van der Waals surface area contributed by atoms with Gasteiger partial charge >= 0.3 is 0 Å². The quantitative estimate of drug-likeness (QED) is 0.763. The molecule has 2 rings (SSSR count). The number of hydrogen-bond donors (Lipinski definition) is 2. The molecule has 102 valence electrons. The van der Waals surface area contributed by atoms with Crippen LogP contribution in [0.2, 0.25) is 0 Å². The Morgan fingerprint density at radius 2 is 2.53 bits per heavy atom. The van der Waals surface area contributed by atoms with Crippen LogP contribution in [0.1, 0.15) is 23.3 Å². The maximum Gasteiger partial charge on any atom is 0.270 e. The Morgan fingerprint density at radius 1 is 1.63 bits per heavy atom. The fourth-order valence-corrected chi connectivity index (χ4v) is 1.96. The molecule has 19 heavy (non-hydrogen) atoms. The molecule has 1 atom stereocenters. The van der Waals surface area contributed by atoms with E-state index in [1.54, 1.807) is 18.3 Å². The molecule has 1 aromatic rings. The molecule has 5 nitrogen and oxygen atoms in total. The summed E-state index contributed by atoms with van der Waals surface area (Å²) in [5, 5.41) is 5.97. The molecule has 1 aromatic heterocycles. The molecule has 5 heteroatoms. The molecule has 0 saturated carbocycles. The van der Waals surface area contributed by atoms with Crippen molar-refractivity contribution in [3.63, 3.8) is 0 Å². The number of nitrogens with one attached hydrogen (secondary N) is 2. The van der Waals surface area contributed by atoms with Crippen molar-refractivity contribution in [1.29, 1.82) is 0 Å². The molecule has 0 aromatic carbocycles. The minimum Gasteiger partial charge on any atom is -0.381 e. The van der Waals surface area contributed by atoms with Crippen molar-refractivity contribution in [3.05, 3.63) is 36.7 Å². The van der Waals surface area contributed by atoms with Crippen LogP contribution >= 0.6 is 0 Å². The van der Waals surface area contributed by atoms with Crippen molar-refractivity contribution in [2.45, 2.75) is 18.9 Å². The molecule has 1 aliphatic heterocycles. The number of ether oxygens (including phenoxy) is 1. The first-order chi connectivity index (χ1) is 9.29. The van der Waals surface area contributed by atoms with Crippen molar-refractivity contribution in [3.8, 4) is 0 Å². The van der Waals surface area contributed by atoms with E-state index in [2.05, 4.69) is 22.2 Å². The number of hydrogen-bond acceptors (Lipinski definition) is 4. The highest BCUT2D eigenvalue weighted by molar-refractivity contribution is 5.93. The maximum absolute atomic E-state index is 12.0. The van der Waals surface area contributed by atoms with Crippen LogP contribution in [0.25, 0.3) is 0 Å². The van der Waals surface area contributed by atoms with Gasteiger partial charge in [0.2, 0.25) is 0 Å². The highest BCUT2D eigenvalue weighted by atomic mass is 16.5. The van der Waals surface area contributed by atoms with E-state index < -0.39 is 0 Å². The number of carbonyl (C=O) groups excluding carboxylic acids is 1. The largest absolute Gasteiger partial charge is 0.381 e. The molecule has 1 aliphatic rings. The molecule has 2 N–H and O–H groups in total. The van der Waals surface area contributed by atoms with Crippen LogP contribution in [-0.4, -0.2) is 36.7 Å². The summed E-state index contributed by atoms with van der Waals surface area (Å²) in [5.41, 5.74) is 1.27. The van der Waals surface area contributed by atoms with Crippen molar-refractivity contribution in [2.75, 3.05) is 25.0 Å². The molecule has 0 aliphatic carbocycles. The fraction of sp³-hybridized carbons (Fsp3) is 0.429. The summed E-state index contributed by atoms with van der Waals surface area (Å²) >= 11 is 0. The van der Waals surface area contributed by atoms with Crippen molar-refractivity contribution >= 4 is 11.6 Å². The average molecular weight is 261 g/mol. The van der Waals surface area contributed by atoms with Crippen LogP contribution in [0.4, 0.5) is 5.69 Å². The van der Waals surface area contributed by atoms with E-state index in [0.717, 1.165) is 25.1 Å². The lowest BCUT2D eigenvalue weighted by Gasteiger charge is -2.11. The number of aromatic nitrogens is 1. The van der Waals surface area contributed by atoms with Gasteiger partial charge in [-0.15, -0.1) is 6.58 Å². The molecular weight excluding hydrogens is 242 g/mol. The molecule has 0 bridgehead atoms. The zero-order valence-electron chi connectivity index (χ0n) is 10.9. The highest BCUT2D eigenvalue weighted by Gasteiger charge is 2.17.